The molecule has 294 valence electrons. The summed E-state index contributed by atoms with van der Waals surface area (Å²) in [5.74, 6) is 1.73. The average molecular weight is 782 g/mol. The highest BCUT2D eigenvalue weighted by Gasteiger charge is 2.48. The predicted octanol–water partition coefficient (Wildman–Crippen LogP) is 7.06. The van der Waals surface area contributed by atoms with Gasteiger partial charge in [-0.05, 0) is 75.6 Å². The van der Waals surface area contributed by atoms with Gasteiger partial charge in [-0.3, -0.25) is 4.57 Å². The van der Waals surface area contributed by atoms with E-state index >= 15 is 0 Å². The van der Waals surface area contributed by atoms with E-state index in [0.29, 0.717) is 22.9 Å². The van der Waals surface area contributed by atoms with E-state index in [1.807, 2.05) is 85.8 Å². The Morgan fingerprint density at radius 1 is 0.946 bits per heavy atom. The van der Waals surface area contributed by atoms with Crippen molar-refractivity contribution in [3.63, 3.8) is 0 Å². The summed E-state index contributed by atoms with van der Waals surface area (Å²) in [6.45, 7) is 10.3. The Labute approximate surface area is 328 Å². The lowest BCUT2D eigenvalue weighted by molar-refractivity contribution is -0.214. The number of aromatic nitrogens is 5. The summed E-state index contributed by atoms with van der Waals surface area (Å²) in [6.07, 6.45) is 2.34. The molecule has 0 radical (unpaired) electrons. The zero-order valence-corrected chi connectivity index (χ0v) is 33.6. The molecule has 0 saturated carbocycles. The SMILES string of the molecule is COc1ccc(C(O[C@H]2O[C@@H](n3cc(C)c(-n4cncn4)nc3=O)C[C@@H]2OP(OCCC#N)N(C(C)C)C(C)C)(c2ccccc2)c2ccc(OC)cc2)cc1. The molecular formula is C41H48N7O7P. The highest BCUT2D eigenvalue weighted by atomic mass is 31.2. The van der Waals surface area contributed by atoms with Crippen LogP contribution in [0, 0.1) is 18.3 Å². The van der Waals surface area contributed by atoms with Gasteiger partial charge in [0, 0.05) is 30.3 Å². The molecule has 3 aromatic carbocycles. The number of hydrogen-bond acceptors (Lipinski definition) is 12. The van der Waals surface area contributed by atoms with Gasteiger partial charge in [0.15, 0.2) is 12.1 Å². The quantitative estimate of drug-likeness (QED) is 0.0540. The van der Waals surface area contributed by atoms with Crippen molar-refractivity contribution in [1.82, 2.24) is 29.0 Å². The second kappa shape index (κ2) is 18.3. The third-order valence-corrected chi connectivity index (χ3v) is 11.6. The predicted molar refractivity (Wildman–Crippen MR) is 210 cm³/mol. The lowest BCUT2D eigenvalue weighted by atomic mass is 9.80. The second-order valence-electron chi connectivity index (χ2n) is 13.8. The smallest absolute Gasteiger partial charge is 0.351 e. The van der Waals surface area contributed by atoms with Crippen LogP contribution in [0.1, 0.15) is 69.0 Å². The van der Waals surface area contributed by atoms with Crippen molar-refractivity contribution in [2.45, 2.75) is 83.8 Å². The number of nitrogens with zero attached hydrogens (tertiary/aromatic N) is 7. The van der Waals surface area contributed by atoms with Crippen LogP contribution in [0.5, 0.6) is 11.5 Å². The monoisotopic (exact) mass is 781 g/mol. The summed E-state index contributed by atoms with van der Waals surface area (Å²) in [4.78, 5) is 22.2. The van der Waals surface area contributed by atoms with E-state index in [1.54, 1.807) is 20.4 Å². The largest absolute Gasteiger partial charge is 0.497 e. The maximum Gasteiger partial charge on any atom is 0.351 e. The van der Waals surface area contributed by atoms with E-state index in [9.17, 15) is 10.1 Å². The molecule has 0 amide bonds. The zero-order chi connectivity index (χ0) is 39.8. The fourth-order valence-corrected chi connectivity index (χ4v) is 8.63. The number of rotatable bonds is 17. The van der Waals surface area contributed by atoms with E-state index in [0.717, 1.165) is 16.7 Å². The van der Waals surface area contributed by atoms with Crippen LogP contribution >= 0.6 is 8.53 Å². The number of nitriles is 1. The molecule has 0 N–H and O–H groups in total. The summed E-state index contributed by atoms with van der Waals surface area (Å²) in [6, 6.07) is 27.6. The van der Waals surface area contributed by atoms with Gasteiger partial charge in [0.25, 0.3) is 8.53 Å². The topological polar surface area (TPSA) is 148 Å². The standard InChI is InChI=1S/C41H48N7O7P/c1-28(2)48(29(3)4)56(52-23-11-22-42)55-36-24-37(46-25-30(5)38(45-40(46)49)47-27-43-26-44-47)53-39(36)54-41(31-12-9-8-10-13-31,32-14-18-34(50-6)19-15-32)33-16-20-35(51-7)21-17-33/h8-10,12-21,25-29,36-37,39H,11,23-24H2,1-7H3/t36-,37+,39+,56?/m0/s1. The van der Waals surface area contributed by atoms with Crippen molar-refractivity contribution in [2.75, 3.05) is 20.8 Å². The van der Waals surface area contributed by atoms with Gasteiger partial charge < -0.3 is 28.0 Å². The molecule has 2 aromatic heterocycles. The minimum Gasteiger partial charge on any atom is -0.497 e. The van der Waals surface area contributed by atoms with E-state index in [-0.39, 0.29) is 31.5 Å². The molecular weight excluding hydrogens is 733 g/mol. The molecule has 4 atom stereocenters. The summed E-state index contributed by atoms with van der Waals surface area (Å²) in [7, 11) is 1.51. The average Bonchev–Trinajstić information content (AvgIpc) is 3.88. The van der Waals surface area contributed by atoms with Gasteiger partial charge in [0.2, 0.25) is 0 Å². The molecule has 1 saturated heterocycles. The highest BCUT2D eigenvalue weighted by Crippen LogP contribution is 2.52. The van der Waals surface area contributed by atoms with Crippen molar-refractivity contribution < 1.29 is 28.0 Å². The molecule has 0 bridgehead atoms. The first kappa shape index (κ1) is 40.7. The molecule has 56 heavy (non-hydrogen) atoms. The van der Waals surface area contributed by atoms with Gasteiger partial charge in [0.1, 0.15) is 42.1 Å². The Morgan fingerprint density at radius 3 is 2.09 bits per heavy atom. The maximum absolute atomic E-state index is 13.8. The fraction of sp³-hybridized carbons (Fsp3) is 0.390. The van der Waals surface area contributed by atoms with Crippen molar-refractivity contribution in [3.8, 4) is 23.4 Å². The number of aryl methyl sites for hydroxylation is 1. The molecule has 5 aromatic rings. The fourth-order valence-electron chi connectivity index (χ4n) is 6.91. The Kier molecular flexibility index (Phi) is 13.3. The molecule has 1 fully saturated rings. The first-order chi connectivity index (χ1) is 27.1. The Bertz CT molecular complexity index is 2050. The van der Waals surface area contributed by atoms with E-state index < -0.39 is 38.4 Å². The Morgan fingerprint density at radius 2 is 1.55 bits per heavy atom. The van der Waals surface area contributed by atoms with Crippen molar-refractivity contribution in [1.29, 1.82) is 5.26 Å². The van der Waals surface area contributed by atoms with Gasteiger partial charge in [0.05, 0.1) is 33.3 Å². The van der Waals surface area contributed by atoms with Gasteiger partial charge >= 0.3 is 5.69 Å². The lowest BCUT2D eigenvalue weighted by Crippen LogP contribution is -2.42. The minimum atomic E-state index is -1.73. The van der Waals surface area contributed by atoms with Crippen LogP contribution in [0.2, 0.25) is 0 Å². The van der Waals surface area contributed by atoms with Crippen LogP contribution in [-0.4, -0.2) is 74.3 Å². The number of ether oxygens (including phenoxy) is 4. The first-order valence-corrected chi connectivity index (χ1v) is 19.6. The molecule has 3 heterocycles. The molecule has 14 nitrogen and oxygen atoms in total. The summed E-state index contributed by atoms with van der Waals surface area (Å²) >= 11 is 0. The van der Waals surface area contributed by atoms with Gasteiger partial charge in [-0.25, -0.2) is 19.1 Å². The van der Waals surface area contributed by atoms with Gasteiger partial charge in [-0.1, -0.05) is 54.6 Å². The van der Waals surface area contributed by atoms with Crippen LogP contribution in [0.25, 0.3) is 5.82 Å². The Balaban J connectivity index is 1.50. The van der Waals surface area contributed by atoms with Crippen LogP contribution in [-0.2, 0) is 24.1 Å². The summed E-state index contributed by atoms with van der Waals surface area (Å²) in [5.41, 5.74) is 1.30. The molecule has 0 aliphatic carbocycles. The summed E-state index contributed by atoms with van der Waals surface area (Å²) < 4.78 is 43.8. The molecule has 0 spiro atoms. The Hall–Kier alpha value is -5.00. The number of hydrogen-bond donors (Lipinski definition) is 0. The number of benzene rings is 3. The van der Waals surface area contributed by atoms with Gasteiger partial charge in [-0.2, -0.15) is 15.3 Å². The van der Waals surface area contributed by atoms with Crippen LogP contribution < -0.4 is 15.2 Å². The maximum atomic E-state index is 13.8. The molecule has 1 aliphatic heterocycles. The first-order valence-electron chi connectivity index (χ1n) is 18.5. The van der Waals surface area contributed by atoms with E-state index in [2.05, 4.69) is 53.5 Å². The third kappa shape index (κ3) is 8.69. The summed E-state index contributed by atoms with van der Waals surface area (Å²) in [5, 5.41) is 13.6. The van der Waals surface area contributed by atoms with E-state index in [1.165, 1.54) is 21.9 Å². The molecule has 6 rings (SSSR count). The zero-order valence-electron chi connectivity index (χ0n) is 32.7. The lowest BCUT2D eigenvalue weighted by Gasteiger charge is -2.40. The highest BCUT2D eigenvalue weighted by molar-refractivity contribution is 7.44. The van der Waals surface area contributed by atoms with Crippen molar-refractivity contribution >= 4 is 8.53 Å². The second-order valence-corrected chi connectivity index (χ2v) is 15.2. The van der Waals surface area contributed by atoms with Gasteiger partial charge in [-0.15, -0.1) is 0 Å². The number of methoxy groups -OCH3 is 2. The van der Waals surface area contributed by atoms with E-state index in [4.69, 9.17) is 28.0 Å². The van der Waals surface area contributed by atoms with Crippen LogP contribution in [0.3, 0.4) is 0 Å². The normalized spacial score (nSPS) is 17.7. The van der Waals surface area contributed by atoms with Crippen LogP contribution in [0.15, 0.2) is 103 Å². The molecule has 15 heteroatoms. The van der Waals surface area contributed by atoms with Crippen LogP contribution in [0.4, 0.5) is 0 Å². The minimum absolute atomic E-state index is 0.0430. The third-order valence-electron chi connectivity index (χ3n) is 9.44. The van der Waals surface area contributed by atoms with Crippen molar-refractivity contribution in [3.05, 3.63) is 130 Å². The molecule has 1 aliphatic rings. The van der Waals surface area contributed by atoms with Crippen molar-refractivity contribution in [2.24, 2.45) is 0 Å². The molecule has 1 unspecified atom stereocenters.